The molecule has 5 nitrogen and oxygen atoms in total. The van der Waals surface area contributed by atoms with Gasteiger partial charge in [0.05, 0.1) is 18.3 Å². The van der Waals surface area contributed by atoms with Crippen molar-refractivity contribution >= 4 is 11.6 Å². The van der Waals surface area contributed by atoms with E-state index >= 15 is 0 Å². The van der Waals surface area contributed by atoms with Crippen molar-refractivity contribution in [3.8, 4) is 11.4 Å². The van der Waals surface area contributed by atoms with Crippen LogP contribution < -0.4 is 10.1 Å². The van der Waals surface area contributed by atoms with Crippen molar-refractivity contribution in [2.24, 2.45) is 0 Å². The van der Waals surface area contributed by atoms with Gasteiger partial charge < -0.3 is 10.1 Å². The minimum atomic E-state index is 0.276. The van der Waals surface area contributed by atoms with E-state index in [1.54, 1.807) is 0 Å². The molecule has 0 amide bonds. The number of aromatic nitrogens is 3. The average Bonchev–Trinajstić information content (AvgIpc) is 3.05. The van der Waals surface area contributed by atoms with Crippen LogP contribution in [0.1, 0.15) is 48.8 Å². The van der Waals surface area contributed by atoms with E-state index in [0.29, 0.717) is 12.5 Å². The van der Waals surface area contributed by atoms with Gasteiger partial charge in [0, 0.05) is 17.5 Å². The van der Waals surface area contributed by atoms with Crippen LogP contribution in [0.4, 0.5) is 0 Å². The fraction of sp³-hybridized carbons (Fsp3) is 0.364. The number of hydrogen-bond donors (Lipinski definition) is 1. The smallest absolute Gasteiger partial charge is 0.151 e. The largest absolute Gasteiger partial charge is 0.490 e. The Balaban J connectivity index is 1.37. The monoisotopic (exact) mass is 394 g/mol. The van der Waals surface area contributed by atoms with Gasteiger partial charge in [-0.05, 0) is 61.6 Å². The van der Waals surface area contributed by atoms with Gasteiger partial charge >= 0.3 is 0 Å². The molecule has 0 saturated heterocycles. The van der Waals surface area contributed by atoms with Gasteiger partial charge in [-0.3, -0.25) is 4.57 Å². The van der Waals surface area contributed by atoms with E-state index < -0.39 is 0 Å². The maximum Gasteiger partial charge on any atom is 0.151 e. The molecule has 1 aliphatic carbocycles. The van der Waals surface area contributed by atoms with Gasteiger partial charge in [-0.15, -0.1) is 10.2 Å². The lowest BCUT2D eigenvalue weighted by Gasteiger charge is -2.29. The van der Waals surface area contributed by atoms with Crippen molar-refractivity contribution in [2.45, 2.75) is 50.8 Å². The fourth-order valence-corrected chi connectivity index (χ4v) is 4.52. The van der Waals surface area contributed by atoms with Gasteiger partial charge in [0.2, 0.25) is 0 Å². The summed E-state index contributed by atoms with van der Waals surface area (Å²) >= 11 is 6.22. The molecule has 6 heteroatoms. The first kappa shape index (κ1) is 17.7. The first-order chi connectivity index (χ1) is 13.8. The van der Waals surface area contributed by atoms with Crippen LogP contribution in [-0.2, 0) is 13.1 Å². The van der Waals surface area contributed by atoms with Crippen molar-refractivity contribution in [1.82, 2.24) is 20.1 Å². The van der Waals surface area contributed by atoms with Crippen LogP contribution in [0.5, 0.6) is 5.75 Å². The summed E-state index contributed by atoms with van der Waals surface area (Å²) in [6.07, 6.45) is 4.47. The highest BCUT2D eigenvalue weighted by molar-refractivity contribution is 6.30. The summed E-state index contributed by atoms with van der Waals surface area (Å²) in [5.74, 6) is 3.40. The number of hydrogen-bond acceptors (Lipinski definition) is 4. The van der Waals surface area contributed by atoms with E-state index in [2.05, 4.69) is 26.1 Å². The summed E-state index contributed by atoms with van der Waals surface area (Å²) in [4.78, 5) is 0. The Morgan fingerprint density at radius 3 is 2.61 bits per heavy atom. The topological polar surface area (TPSA) is 52.0 Å². The Morgan fingerprint density at radius 1 is 0.964 bits per heavy atom. The highest BCUT2D eigenvalue weighted by Crippen LogP contribution is 2.36. The van der Waals surface area contributed by atoms with Gasteiger partial charge in [0.1, 0.15) is 11.6 Å². The number of nitrogens with zero attached hydrogens (tertiary/aromatic N) is 3. The molecule has 1 aliphatic heterocycles. The zero-order valence-electron chi connectivity index (χ0n) is 15.6. The van der Waals surface area contributed by atoms with Crippen LogP contribution in [0.2, 0.25) is 5.02 Å². The predicted octanol–water partition coefficient (Wildman–Crippen LogP) is 4.63. The summed E-state index contributed by atoms with van der Waals surface area (Å²) in [5.41, 5.74) is 2.33. The van der Waals surface area contributed by atoms with Crippen molar-refractivity contribution in [2.75, 3.05) is 0 Å². The predicted molar refractivity (Wildman–Crippen MR) is 109 cm³/mol. The normalized spacial score (nSPS) is 21.5. The first-order valence-electron chi connectivity index (χ1n) is 9.93. The lowest BCUT2D eigenvalue weighted by atomic mass is 9.86. The van der Waals surface area contributed by atoms with Gasteiger partial charge in [-0.1, -0.05) is 29.8 Å². The summed E-state index contributed by atoms with van der Waals surface area (Å²) in [7, 11) is 0. The molecule has 1 aromatic heterocycles. The Hall–Kier alpha value is -2.37. The molecular formula is C22H23ClN4O. The van der Waals surface area contributed by atoms with Gasteiger partial charge in [-0.25, -0.2) is 0 Å². The Morgan fingerprint density at radius 2 is 1.79 bits per heavy atom. The minimum Gasteiger partial charge on any atom is -0.490 e. The number of rotatable bonds is 3. The molecule has 0 radical (unpaired) electrons. The average molecular weight is 395 g/mol. The molecule has 1 saturated carbocycles. The zero-order chi connectivity index (χ0) is 18.9. The van der Waals surface area contributed by atoms with Gasteiger partial charge in [0.15, 0.2) is 5.82 Å². The quantitative estimate of drug-likeness (QED) is 0.703. The molecule has 5 rings (SSSR count). The fourth-order valence-electron chi connectivity index (χ4n) is 4.32. The standard InChI is InChI=1S/C22H23ClN4O/c23-17-8-11-20-16(12-17)13-24-14-21-25-26-22(27(20)21)15-6-9-19(10-7-15)28-18-4-2-1-3-5-18/h1-5,8,11-12,15,19,24H,6-7,9-10,13-14H2. The van der Waals surface area contributed by atoms with Crippen molar-refractivity contribution in [1.29, 1.82) is 0 Å². The summed E-state index contributed by atoms with van der Waals surface area (Å²) in [6, 6.07) is 16.2. The summed E-state index contributed by atoms with van der Waals surface area (Å²) in [5, 5.41) is 13.3. The maximum atomic E-state index is 6.22. The third-order valence-corrected chi connectivity index (χ3v) is 5.96. The number of para-hydroxylation sites is 1. The molecule has 144 valence electrons. The number of fused-ring (bicyclic) bond motifs is 3. The molecule has 2 aliphatic rings. The van der Waals surface area contributed by atoms with E-state index in [0.717, 1.165) is 60.3 Å². The lowest BCUT2D eigenvalue weighted by Crippen LogP contribution is -2.24. The molecule has 0 spiro atoms. The highest BCUT2D eigenvalue weighted by Gasteiger charge is 2.29. The third-order valence-electron chi connectivity index (χ3n) is 5.72. The van der Waals surface area contributed by atoms with Crippen LogP contribution in [0, 0.1) is 0 Å². The highest BCUT2D eigenvalue weighted by atomic mass is 35.5. The summed E-state index contributed by atoms with van der Waals surface area (Å²) < 4.78 is 8.40. The Bertz CT molecular complexity index is 964. The second kappa shape index (κ2) is 7.57. The molecule has 2 aromatic carbocycles. The van der Waals surface area contributed by atoms with Crippen molar-refractivity contribution in [3.05, 3.63) is 70.8 Å². The second-order valence-electron chi connectivity index (χ2n) is 7.59. The SMILES string of the molecule is Clc1ccc2c(c1)CNCc1nnc(C3CCC(Oc4ccccc4)CC3)n1-2. The molecule has 2 heterocycles. The van der Waals surface area contributed by atoms with Crippen molar-refractivity contribution < 1.29 is 4.74 Å². The first-order valence-corrected chi connectivity index (χ1v) is 10.3. The minimum absolute atomic E-state index is 0.276. The van der Waals surface area contributed by atoms with Crippen LogP contribution in [0.25, 0.3) is 5.69 Å². The molecule has 0 unspecified atom stereocenters. The number of halogens is 1. The number of ether oxygens (including phenoxy) is 1. The van der Waals surface area contributed by atoms with Crippen LogP contribution in [-0.4, -0.2) is 20.9 Å². The van der Waals surface area contributed by atoms with E-state index in [4.69, 9.17) is 16.3 Å². The maximum absolute atomic E-state index is 6.22. The molecular weight excluding hydrogens is 372 g/mol. The zero-order valence-corrected chi connectivity index (χ0v) is 16.4. The second-order valence-corrected chi connectivity index (χ2v) is 8.03. The van der Waals surface area contributed by atoms with Crippen LogP contribution in [0.3, 0.4) is 0 Å². The van der Waals surface area contributed by atoms with Crippen LogP contribution >= 0.6 is 11.6 Å². The summed E-state index contributed by atoms with van der Waals surface area (Å²) in [6.45, 7) is 1.50. The molecule has 3 aromatic rings. The van der Waals surface area contributed by atoms with E-state index in [-0.39, 0.29) is 6.10 Å². The van der Waals surface area contributed by atoms with Gasteiger partial charge in [-0.2, -0.15) is 0 Å². The van der Waals surface area contributed by atoms with E-state index in [1.165, 1.54) is 5.56 Å². The molecule has 1 N–H and O–H groups in total. The number of nitrogens with one attached hydrogen (secondary N) is 1. The van der Waals surface area contributed by atoms with E-state index in [9.17, 15) is 0 Å². The molecule has 0 bridgehead atoms. The van der Waals surface area contributed by atoms with Crippen molar-refractivity contribution in [3.63, 3.8) is 0 Å². The number of benzene rings is 2. The molecule has 1 fully saturated rings. The van der Waals surface area contributed by atoms with E-state index in [1.807, 2.05) is 42.5 Å². The third kappa shape index (κ3) is 3.40. The lowest BCUT2D eigenvalue weighted by molar-refractivity contribution is 0.144. The Labute approximate surface area is 169 Å². The van der Waals surface area contributed by atoms with Gasteiger partial charge in [0.25, 0.3) is 0 Å². The Kier molecular flexibility index (Phi) is 4.79. The molecule has 28 heavy (non-hydrogen) atoms. The van der Waals surface area contributed by atoms with Crippen LogP contribution in [0.15, 0.2) is 48.5 Å². The molecule has 0 atom stereocenters.